The number of hydrogen-bond acceptors (Lipinski definition) is 5. The van der Waals surface area contributed by atoms with Crippen LogP contribution in [0.1, 0.15) is 43.3 Å². The third-order valence-corrected chi connectivity index (χ3v) is 5.17. The highest BCUT2D eigenvalue weighted by Gasteiger charge is 2.28. The highest BCUT2D eigenvalue weighted by molar-refractivity contribution is 7.15. The summed E-state index contributed by atoms with van der Waals surface area (Å²) in [6.07, 6.45) is 4.27. The van der Waals surface area contributed by atoms with Crippen LogP contribution in [-0.2, 0) is 11.2 Å². The van der Waals surface area contributed by atoms with E-state index >= 15 is 0 Å². The summed E-state index contributed by atoms with van der Waals surface area (Å²) in [5.74, 6) is 0. The van der Waals surface area contributed by atoms with Gasteiger partial charge in [0.1, 0.15) is 0 Å². The highest BCUT2D eigenvalue weighted by atomic mass is 32.1. The molecule has 1 aliphatic heterocycles. The monoisotopic (exact) mass is 281 g/mol. The summed E-state index contributed by atoms with van der Waals surface area (Å²) in [7, 11) is 2.04. The summed E-state index contributed by atoms with van der Waals surface area (Å²) < 4.78 is 5.81. The lowest BCUT2D eigenvalue weighted by Crippen LogP contribution is -2.45. The van der Waals surface area contributed by atoms with E-state index in [0.29, 0.717) is 18.2 Å². The molecule has 0 radical (unpaired) electrons. The van der Waals surface area contributed by atoms with Crippen molar-refractivity contribution in [1.82, 2.24) is 10.3 Å². The number of fused-ring (bicyclic) bond motifs is 1. The average molecular weight is 281 g/mol. The second kappa shape index (κ2) is 5.38. The quantitative estimate of drug-likeness (QED) is 0.903. The van der Waals surface area contributed by atoms with Gasteiger partial charge in [0.2, 0.25) is 0 Å². The second-order valence-electron chi connectivity index (χ2n) is 5.70. The molecule has 1 aliphatic carbocycles. The Hall–Kier alpha value is -0.650. The van der Waals surface area contributed by atoms with Crippen molar-refractivity contribution in [3.05, 3.63) is 10.6 Å². The fourth-order valence-corrected chi connectivity index (χ4v) is 4.34. The topological polar surface area (TPSA) is 37.4 Å². The van der Waals surface area contributed by atoms with Crippen LogP contribution >= 0.6 is 11.3 Å². The predicted octanol–water partition coefficient (Wildman–Crippen LogP) is 2.35. The molecular weight excluding hydrogens is 258 g/mol. The number of aromatic nitrogens is 1. The molecule has 0 bridgehead atoms. The number of nitrogens with zero attached hydrogens (tertiary/aromatic N) is 2. The van der Waals surface area contributed by atoms with Crippen molar-refractivity contribution < 1.29 is 4.74 Å². The Morgan fingerprint density at radius 1 is 1.32 bits per heavy atom. The van der Waals surface area contributed by atoms with E-state index in [1.807, 2.05) is 18.4 Å². The van der Waals surface area contributed by atoms with E-state index in [-0.39, 0.29) is 0 Å². The molecule has 4 nitrogen and oxygen atoms in total. The summed E-state index contributed by atoms with van der Waals surface area (Å²) in [5.41, 5.74) is 1.29. The van der Waals surface area contributed by atoms with E-state index in [1.165, 1.54) is 35.0 Å². The number of morpholine rings is 1. The normalized spacial score (nSPS) is 31.3. The van der Waals surface area contributed by atoms with Gasteiger partial charge in [0, 0.05) is 18.0 Å². The zero-order valence-electron chi connectivity index (χ0n) is 12.0. The Bertz CT molecular complexity index is 438. The summed E-state index contributed by atoms with van der Waals surface area (Å²) >= 11 is 1.88. The number of rotatable bonds is 2. The number of nitrogens with one attached hydrogen (secondary N) is 1. The molecular formula is C14H23N3OS. The summed E-state index contributed by atoms with van der Waals surface area (Å²) in [5, 5.41) is 4.58. The molecule has 1 fully saturated rings. The van der Waals surface area contributed by atoms with Crippen LogP contribution in [0.2, 0.25) is 0 Å². The van der Waals surface area contributed by atoms with Gasteiger partial charge in [-0.2, -0.15) is 0 Å². The first kappa shape index (κ1) is 13.3. The molecule has 0 spiro atoms. The van der Waals surface area contributed by atoms with Gasteiger partial charge in [-0.3, -0.25) is 0 Å². The molecule has 19 heavy (non-hydrogen) atoms. The van der Waals surface area contributed by atoms with Gasteiger partial charge in [-0.15, -0.1) is 11.3 Å². The molecule has 1 aromatic rings. The minimum atomic E-state index is 0.296. The lowest BCUT2D eigenvalue weighted by molar-refractivity contribution is -0.00523. The number of thiazole rings is 1. The lowest BCUT2D eigenvalue weighted by atomic mass is 9.98. The minimum Gasteiger partial charge on any atom is -0.372 e. The van der Waals surface area contributed by atoms with Gasteiger partial charge >= 0.3 is 0 Å². The Morgan fingerprint density at radius 3 is 2.74 bits per heavy atom. The number of ether oxygens (including phenoxy) is 1. The molecule has 0 amide bonds. The van der Waals surface area contributed by atoms with Gasteiger partial charge in [0.25, 0.3) is 0 Å². The first-order chi connectivity index (χ1) is 9.17. The van der Waals surface area contributed by atoms with E-state index < -0.39 is 0 Å². The van der Waals surface area contributed by atoms with E-state index in [0.717, 1.165) is 13.1 Å². The fourth-order valence-electron chi connectivity index (χ4n) is 3.16. The molecule has 1 saturated heterocycles. The SMILES string of the molecule is CNC1CCCc2sc(N3CC(C)OC(C)C3)nc21. The summed E-state index contributed by atoms with van der Waals surface area (Å²) in [6.45, 7) is 6.21. The van der Waals surface area contributed by atoms with Crippen LogP contribution in [0.4, 0.5) is 5.13 Å². The van der Waals surface area contributed by atoms with Gasteiger partial charge in [-0.05, 0) is 40.2 Å². The molecule has 3 unspecified atom stereocenters. The lowest BCUT2D eigenvalue weighted by Gasteiger charge is -2.35. The smallest absolute Gasteiger partial charge is 0.186 e. The molecule has 1 N–H and O–H groups in total. The van der Waals surface area contributed by atoms with Crippen LogP contribution in [0.15, 0.2) is 0 Å². The van der Waals surface area contributed by atoms with E-state index in [2.05, 4.69) is 24.1 Å². The van der Waals surface area contributed by atoms with E-state index in [1.54, 1.807) is 0 Å². The Kier molecular flexibility index (Phi) is 3.78. The fraction of sp³-hybridized carbons (Fsp3) is 0.786. The van der Waals surface area contributed by atoms with Crippen molar-refractivity contribution in [2.45, 2.75) is 51.4 Å². The molecule has 0 aromatic carbocycles. The van der Waals surface area contributed by atoms with Crippen LogP contribution in [0, 0.1) is 0 Å². The summed E-state index contributed by atoms with van der Waals surface area (Å²) in [4.78, 5) is 8.80. The van der Waals surface area contributed by atoms with Crippen LogP contribution < -0.4 is 10.2 Å². The highest BCUT2D eigenvalue weighted by Crippen LogP contribution is 2.37. The summed E-state index contributed by atoms with van der Waals surface area (Å²) in [6, 6.07) is 0.449. The van der Waals surface area contributed by atoms with Crippen molar-refractivity contribution in [3.63, 3.8) is 0 Å². The van der Waals surface area contributed by atoms with Crippen LogP contribution in [0.5, 0.6) is 0 Å². The van der Waals surface area contributed by atoms with E-state index in [9.17, 15) is 0 Å². The Balaban J connectivity index is 1.84. The number of anilines is 1. The van der Waals surface area contributed by atoms with E-state index in [4.69, 9.17) is 9.72 Å². The Labute approximate surface area is 119 Å². The van der Waals surface area contributed by atoms with Gasteiger partial charge in [0.15, 0.2) is 5.13 Å². The first-order valence-electron chi connectivity index (χ1n) is 7.24. The number of hydrogen-bond donors (Lipinski definition) is 1. The third kappa shape index (κ3) is 2.64. The molecule has 2 heterocycles. The van der Waals surface area contributed by atoms with Gasteiger partial charge in [0.05, 0.1) is 23.9 Å². The van der Waals surface area contributed by atoms with Crippen LogP contribution in [-0.4, -0.2) is 37.3 Å². The molecule has 5 heteroatoms. The number of aryl methyl sites for hydroxylation is 1. The first-order valence-corrected chi connectivity index (χ1v) is 8.06. The van der Waals surface area contributed by atoms with Gasteiger partial charge in [-0.25, -0.2) is 4.98 Å². The second-order valence-corrected chi connectivity index (χ2v) is 6.76. The molecule has 0 saturated carbocycles. The minimum absolute atomic E-state index is 0.296. The molecule has 3 rings (SSSR count). The average Bonchev–Trinajstić information content (AvgIpc) is 2.81. The predicted molar refractivity (Wildman–Crippen MR) is 79.1 cm³/mol. The van der Waals surface area contributed by atoms with Crippen molar-refractivity contribution in [2.75, 3.05) is 25.0 Å². The van der Waals surface area contributed by atoms with Crippen molar-refractivity contribution in [1.29, 1.82) is 0 Å². The molecule has 1 aromatic heterocycles. The maximum atomic E-state index is 5.81. The third-order valence-electron chi connectivity index (χ3n) is 3.98. The standard InChI is InChI=1S/C14H23N3OS/c1-9-7-17(8-10(2)18-9)14-16-13-11(15-3)5-4-6-12(13)19-14/h9-11,15H,4-8H2,1-3H3. The van der Waals surface area contributed by atoms with Crippen molar-refractivity contribution in [3.8, 4) is 0 Å². The van der Waals surface area contributed by atoms with Crippen molar-refractivity contribution in [2.24, 2.45) is 0 Å². The molecule has 2 aliphatic rings. The van der Waals surface area contributed by atoms with Crippen LogP contribution in [0.3, 0.4) is 0 Å². The largest absolute Gasteiger partial charge is 0.372 e. The van der Waals surface area contributed by atoms with Crippen LogP contribution in [0.25, 0.3) is 0 Å². The van der Waals surface area contributed by atoms with Crippen molar-refractivity contribution >= 4 is 16.5 Å². The Morgan fingerprint density at radius 2 is 2.05 bits per heavy atom. The molecule has 3 atom stereocenters. The van der Waals surface area contributed by atoms with Gasteiger partial charge in [-0.1, -0.05) is 0 Å². The maximum absolute atomic E-state index is 5.81. The zero-order valence-corrected chi connectivity index (χ0v) is 12.8. The molecule has 106 valence electrons. The zero-order chi connectivity index (χ0) is 13.4. The van der Waals surface area contributed by atoms with Gasteiger partial charge < -0.3 is 15.0 Å². The maximum Gasteiger partial charge on any atom is 0.186 e.